The molecule has 27 heavy (non-hydrogen) atoms. The van der Waals surface area contributed by atoms with E-state index in [1.807, 2.05) is 38.1 Å². The third-order valence-corrected chi connectivity index (χ3v) is 4.59. The Morgan fingerprint density at radius 2 is 1.96 bits per heavy atom. The number of nitrogens with one attached hydrogen (secondary N) is 1. The molecule has 0 saturated heterocycles. The number of fused-ring (bicyclic) bond motifs is 1. The van der Waals surface area contributed by atoms with Crippen LogP contribution >= 0.6 is 11.6 Å². The van der Waals surface area contributed by atoms with Crippen molar-refractivity contribution in [2.24, 2.45) is 0 Å². The molecular weight excluding hydrogens is 362 g/mol. The number of hydrogen-bond donors (Lipinski definition) is 1. The number of pyridine rings is 1. The molecule has 4 aromatic rings. The Bertz CT molecular complexity index is 1170. The first-order valence-corrected chi connectivity index (χ1v) is 8.76. The second-order valence-electron chi connectivity index (χ2n) is 6.28. The second kappa shape index (κ2) is 6.81. The zero-order valence-electron chi connectivity index (χ0n) is 14.8. The van der Waals surface area contributed by atoms with Crippen LogP contribution in [0.2, 0.25) is 5.02 Å². The third kappa shape index (κ3) is 3.27. The van der Waals surface area contributed by atoms with E-state index in [0.717, 1.165) is 16.8 Å². The molecule has 2 heterocycles. The summed E-state index contributed by atoms with van der Waals surface area (Å²) in [6, 6.07) is 14.6. The summed E-state index contributed by atoms with van der Waals surface area (Å²) in [5, 5.41) is 11.4. The molecule has 0 aliphatic heterocycles. The first kappa shape index (κ1) is 17.2. The van der Waals surface area contributed by atoms with E-state index in [4.69, 9.17) is 11.6 Å². The van der Waals surface area contributed by atoms with Gasteiger partial charge < -0.3 is 5.32 Å². The van der Waals surface area contributed by atoms with Crippen molar-refractivity contribution in [2.45, 2.75) is 13.8 Å². The average Bonchev–Trinajstić information content (AvgIpc) is 3.08. The molecular formula is C20H16ClN5O. The Balaban J connectivity index is 1.64. The highest BCUT2D eigenvalue weighted by atomic mass is 35.5. The highest BCUT2D eigenvalue weighted by molar-refractivity contribution is 6.34. The van der Waals surface area contributed by atoms with Gasteiger partial charge in [0.25, 0.3) is 5.91 Å². The molecule has 0 unspecified atom stereocenters. The van der Waals surface area contributed by atoms with Crippen molar-refractivity contribution in [1.29, 1.82) is 0 Å². The van der Waals surface area contributed by atoms with Crippen molar-refractivity contribution in [3.8, 4) is 5.69 Å². The minimum absolute atomic E-state index is 0.264. The maximum absolute atomic E-state index is 12.6. The Hall–Kier alpha value is -3.25. The number of aryl methyl sites for hydroxylation is 2. The van der Waals surface area contributed by atoms with E-state index in [-0.39, 0.29) is 5.91 Å². The lowest BCUT2D eigenvalue weighted by Gasteiger charge is -2.11. The molecule has 0 radical (unpaired) electrons. The number of hydrogen-bond acceptors (Lipinski definition) is 4. The van der Waals surface area contributed by atoms with Crippen LogP contribution in [-0.4, -0.2) is 25.9 Å². The van der Waals surface area contributed by atoms with Crippen molar-refractivity contribution in [2.75, 3.05) is 5.32 Å². The SMILES string of the molecule is Cc1ccc(NC(=O)c2ccc(-n3nnc4cccnc43)cc2Cl)c(C)c1. The molecule has 0 bridgehead atoms. The van der Waals surface area contributed by atoms with Gasteiger partial charge in [0.1, 0.15) is 5.52 Å². The van der Waals surface area contributed by atoms with Crippen LogP contribution in [-0.2, 0) is 0 Å². The monoisotopic (exact) mass is 377 g/mol. The molecule has 7 heteroatoms. The molecule has 0 spiro atoms. The number of carbonyl (C=O) groups is 1. The molecule has 0 aliphatic carbocycles. The summed E-state index contributed by atoms with van der Waals surface area (Å²) in [5.41, 5.74) is 5.28. The van der Waals surface area contributed by atoms with E-state index in [1.165, 1.54) is 0 Å². The van der Waals surface area contributed by atoms with Crippen LogP contribution < -0.4 is 5.32 Å². The second-order valence-corrected chi connectivity index (χ2v) is 6.69. The first-order valence-electron chi connectivity index (χ1n) is 8.38. The minimum Gasteiger partial charge on any atom is -0.322 e. The first-order chi connectivity index (χ1) is 13.0. The zero-order valence-corrected chi connectivity index (χ0v) is 15.5. The van der Waals surface area contributed by atoms with Crippen molar-refractivity contribution in [3.63, 3.8) is 0 Å². The summed E-state index contributed by atoms with van der Waals surface area (Å²) in [7, 11) is 0. The smallest absolute Gasteiger partial charge is 0.257 e. The molecule has 134 valence electrons. The molecule has 0 saturated carbocycles. The van der Waals surface area contributed by atoms with Crippen molar-refractivity contribution in [1.82, 2.24) is 20.0 Å². The molecule has 2 aromatic heterocycles. The van der Waals surface area contributed by atoms with E-state index in [1.54, 1.807) is 35.1 Å². The summed E-state index contributed by atoms with van der Waals surface area (Å²) in [4.78, 5) is 16.9. The summed E-state index contributed by atoms with van der Waals surface area (Å²) in [5.74, 6) is -0.264. The predicted octanol–water partition coefficient (Wildman–Crippen LogP) is 4.34. The van der Waals surface area contributed by atoms with Gasteiger partial charge in [-0.3, -0.25) is 4.79 Å². The van der Waals surface area contributed by atoms with Gasteiger partial charge in [0, 0.05) is 11.9 Å². The van der Waals surface area contributed by atoms with Crippen LogP contribution in [0.1, 0.15) is 21.5 Å². The maximum Gasteiger partial charge on any atom is 0.257 e. The number of halogens is 1. The minimum atomic E-state index is -0.264. The van der Waals surface area contributed by atoms with E-state index in [9.17, 15) is 4.79 Å². The van der Waals surface area contributed by atoms with E-state index >= 15 is 0 Å². The molecule has 4 rings (SSSR count). The van der Waals surface area contributed by atoms with Gasteiger partial charge in [-0.1, -0.05) is 34.5 Å². The van der Waals surface area contributed by atoms with Gasteiger partial charge >= 0.3 is 0 Å². The molecule has 0 fully saturated rings. The van der Waals surface area contributed by atoms with Crippen LogP contribution in [0.25, 0.3) is 16.9 Å². The van der Waals surface area contributed by atoms with E-state index in [2.05, 4.69) is 20.6 Å². The Labute approximate surface area is 160 Å². The van der Waals surface area contributed by atoms with Crippen LogP contribution in [0.3, 0.4) is 0 Å². The molecule has 1 N–H and O–H groups in total. The molecule has 2 aromatic carbocycles. The van der Waals surface area contributed by atoms with Crippen LogP contribution in [0.4, 0.5) is 5.69 Å². The zero-order chi connectivity index (χ0) is 19.0. The van der Waals surface area contributed by atoms with E-state index in [0.29, 0.717) is 27.4 Å². The van der Waals surface area contributed by atoms with Gasteiger partial charge in [0.2, 0.25) is 0 Å². The van der Waals surface area contributed by atoms with Gasteiger partial charge in [0.05, 0.1) is 16.3 Å². The van der Waals surface area contributed by atoms with Crippen molar-refractivity contribution in [3.05, 3.63) is 76.4 Å². The highest BCUT2D eigenvalue weighted by Gasteiger charge is 2.14. The normalized spacial score (nSPS) is 10.9. The summed E-state index contributed by atoms with van der Waals surface area (Å²) in [6.45, 7) is 3.97. The van der Waals surface area contributed by atoms with Gasteiger partial charge in [-0.05, 0) is 55.8 Å². The molecule has 0 atom stereocenters. The molecule has 0 aliphatic rings. The predicted molar refractivity (Wildman–Crippen MR) is 106 cm³/mol. The van der Waals surface area contributed by atoms with Crippen LogP contribution in [0.15, 0.2) is 54.7 Å². The maximum atomic E-state index is 12.6. The van der Waals surface area contributed by atoms with Crippen LogP contribution in [0.5, 0.6) is 0 Å². The van der Waals surface area contributed by atoms with Crippen molar-refractivity contribution >= 4 is 34.4 Å². The topological polar surface area (TPSA) is 72.7 Å². The fourth-order valence-corrected chi connectivity index (χ4v) is 3.16. The largest absolute Gasteiger partial charge is 0.322 e. The molecule has 1 amide bonds. The lowest BCUT2D eigenvalue weighted by atomic mass is 10.1. The van der Waals surface area contributed by atoms with Crippen LogP contribution in [0, 0.1) is 13.8 Å². The summed E-state index contributed by atoms with van der Waals surface area (Å²) in [6.07, 6.45) is 1.68. The Kier molecular flexibility index (Phi) is 4.33. The number of benzene rings is 2. The van der Waals surface area contributed by atoms with Gasteiger partial charge in [0.15, 0.2) is 5.65 Å². The summed E-state index contributed by atoms with van der Waals surface area (Å²) < 4.78 is 1.59. The fraction of sp³-hybridized carbons (Fsp3) is 0.100. The van der Waals surface area contributed by atoms with Gasteiger partial charge in [-0.15, -0.1) is 5.10 Å². The number of nitrogens with zero attached hydrogens (tertiary/aromatic N) is 4. The average molecular weight is 378 g/mol. The number of rotatable bonds is 3. The number of aromatic nitrogens is 4. The lowest BCUT2D eigenvalue weighted by molar-refractivity contribution is 0.102. The highest BCUT2D eigenvalue weighted by Crippen LogP contribution is 2.24. The van der Waals surface area contributed by atoms with Crippen molar-refractivity contribution < 1.29 is 4.79 Å². The molecule has 6 nitrogen and oxygen atoms in total. The van der Waals surface area contributed by atoms with Gasteiger partial charge in [-0.25, -0.2) is 4.98 Å². The Morgan fingerprint density at radius 1 is 1.11 bits per heavy atom. The quantitative estimate of drug-likeness (QED) is 0.576. The number of anilines is 1. The van der Waals surface area contributed by atoms with Gasteiger partial charge in [-0.2, -0.15) is 4.68 Å². The number of amides is 1. The standard InChI is InChI=1S/C20H16ClN5O/c1-12-5-8-17(13(2)10-12)23-20(27)15-7-6-14(11-16(15)21)26-19-18(24-25-26)4-3-9-22-19/h3-11H,1-2H3,(H,23,27). The van der Waals surface area contributed by atoms with E-state index < -0.39 is 0 Å². The number of carbonyl (C=O) groups excluding carboxylic acids is 1. The summed E-state index contributed by atoms with van der Waals surface area (Å²) >= 11 is 6.38. The third-order valence-electron chi connectivity index (χ3n) is 4.28. The lowest BCUT2D eigenvalue weighted by Crippen LogP contribution is -2.13. The fourth-order valence-electron chi connectivity index (χ4n) is 2.90. The Morgan fingerprint density at radius 3 is 2.74 bits per heavy atom.